The van der Waals surface area contributed by atoms with Gasteiger partial charge in [-0.25, -0.2) is 0 Å². The number of rotatable bonds is 8. The minimum atomic E-state index is 0.0954. The van der Waals surface area contributed by atoms with E-state index in [1.807, 2.05) is 14.1 Å². The van der Waals surface area contributed by atoms with Crippen molar-refractivity contribution in [1.29, 1.82) is 0 Å². The van der Waals surface area contributed by atoms with Gasteiger partial charge in [-0.1, -0.05) is 0 Å². The third-order valence-electron chi connectivity index (χ3n) is 2.83. The molecule has 0 spiro atoms. The van der Waals surface area contributed by atoms with Crippen molar-refractivity contribution in [3.8, 4) is 0 Å². The largest absolute Gasteiger partial charge is 0.359 e. The molecule has 0 aliphatic heterocycles. The molecule has 0 rings (SSSR count). The van der Waals surface area contributed by atoms with Crippen LogP contribution in [0.4, 0.5) is 0 Å². The van der Waals surface area contributed by atoms with Gasteiger partial charge in [-0.05, 0) is 26.4 Å². The molecule has 0 atom stereocenters. The van der Waals surface area contributed by atoms with Crippen LogP contribution in [0.3, 0.4) is 0 Å². The fraction of sp³-hybridized carbons (Fsp3) is 0.833. The third kappa shape index (κ3) is 8.68. The zero-order valence-electron chi connectivity index (χ0n) is 11.5. The topological polar surface area (TPSA) is 52.7 Å². The minimum Gasteiger partial charge on any atom is -0.359 e. The van der Waals surface area contributed by atoms with Crippen molar-refractivity contribution in [2.75, 3.05) is 40.8 Å². The van der Waals surface area contributed by atoms with Gasteiger partial charge >= 0.3 is 0 Å². The lowest BCUT2D eigenvalue weighted by Gasteiger charge is -2.21. The van der Waals surface area contributed by atoms with Crippen molar-refractivity contribution in [2.24, 2.45) is 0 Å². The molecule has 0 saturated carbocycles. The molecule has 0 unspecified atom stereocenters. The predicted octanol–water partition coefficient (Wildman–Crippen LogP) is 0.313. The summed E-state index contributed by atoms with van der Waals surface area (Å²) in [6.07, 6.45) is 2.51. The summed E-state index contributed by atoms with van der Waals surface area (Å²) >= 11 is 0. The standard InChI is InChI=1S/C12H25N3O2/c1-11(16)15(4)10-9-14(3)8-6-5-7-12(17)13-2/h5-10H2,1-4H3,(H,13,17). The lowest BCUT2D eigenvalue weighted by atomic mass is 10.2. The number of amides is 2. The van der Waals surface area contributed by atoms with E-state index in [-0.39, 0.29) is 11.8 Å². The van der Waals surface area contributed by atoms with Crippen LogP contribution in [0, 0.1) is 0 Å². The van der Waals surface area contributed by atoms with Crippen LogP contribution >= 0.6 is 0 Å². The summed E-state index contributed by atoms with van der Waals surface area (Å²) in [6.45, 7) is 4.16. The molecular formula is C12H25N3O2. The SMILES string of the molecule is CNC(=O)CCCCN(C)CCN(C)C(C)=O. The molecule has 1 N–H and O–H groups in total. The second kappa shape index (κ2) is 8.98. The highest BCUT2D eigenvalue weighted by Gasteiger charge is 2.04. The second-order valence-corrected chi connectivity index (χ2v) is 4.37. The van der Waals surface area contributed by atoms with Crippen LogP contribution in [-0.4, -0.2) is 62.4 Å². The number of carbonyl (C=O) groups is 2. The fourth-order valence-corrected chi connectivity index (χ4v) is 1.38. The molecule has 0 aromatic rings. The van der Waals surface area contributed by atoms with Gasteiger partial charge < -0.3 is 15.1 Å². The summed E-state index contributed by atoms with van der Waals surface area (Å²) in [5.74, 6) is 0.196. The highest BCUT2D eigenvalue weighted by atomic mass is 16.2. The van der Waals surface area contributed by atoms with Gasteiger partial charge in [0.25, 0.3) is 0 Å². The van der Waals surface area contributed by atoms with Gasteiger partial charge in [0.05, 0.1) is 0 Å². The van der Waals surface area contributed by atoms with E-state index in [0.717, 1.165) is 32.5 Å². The third-order valence-corrected chi connectivity index (χ3v) is 2.83. The first-order valence-corrected chi connectivity index (χ1v) is 6.08. The highest BCUT2D eigenvalue weighted by Crippen LogP contribution is 1.97. The van der Waals surface area contributed by atoms with Gasteiger partial charge in [0, 0.05) is 40.5 Å². The summed E-state index contributed by atoms with van der Waals surface area (Å²) in [6, 6.07) is 0. The highest BCUT2D eigenvalue weighted by molar-refractivity contribution is 5.75. The van der Waals surface area contributed by atoms with E-state index < -0.39 is 0 Å². The number of hydrogen-bond acceptors (Lipinski definition) is 3. The van der Waals surface area contributed by atoms with E-state index in [4.69, 9.17) is 0 Å². The Hall–Kier alpha value is -1.10. The minimum absolute atomic E-state index is 0.0954. The van der Waals surface area contributed by atoms with Gasteiger partial charge in [0.2, 0.25) is 11.8 Å². The number of hydrogen-bond donors (Lipinski definition) is 1. The molecule has 5 heteroatoms. The second-order valence-electron chi connectivity index (χ2n) is 4.37. The Labute approximate surface area is 104 Å². The van der Waals surface area contributed by atoms with E-state index >= 15 is 0 Å². The van der Waals surface area contributed by atoms with Crippen molar-refractivity contribution in [2.45, 2.75) is 26.2 Å². The maximum atomic E-state index is 11.0. The van der Waals surface area contributed by atoms with Crippen LogP contribution in [0.2, 0.25) is 0 Å². The first kappa shape index (κ1) is 15.9. The van der Waals surface area contributed by atoms with Gasteiger partial charge in [-0.15, -0.1) is 0 Å². The van der Waals surface area contributed by atoms with Crippen LogP contribution < -0.4 is 5.32 Å². The van der Waals surface area contributed by atoms with Crippen LogP contribution in [0.1, 0.15) is 26.2 Å². The van der Waals surface area contributed by atoms with Crippen LogP contribution in [-0.2, 0) is 9.59 Å². The normalized spacial score (nSPS) is 10.4. The number of carbonyl (C=O) groups excluding carboxylic acids is 2. The lowest BCUT2D eigenvalue weighted by Crippen LogP contribution is -2.33. The number of nitrogens with one attached hydrogen (secondary N) is 1. The van der Waals surface area contributed by atoms with Gasteiger partial charge in [-0.3, -0.25) is 9.59 Å². The Kier molecular flexibility index (Phi) is 8.40. The van der Waals surface area contributed by atoms with Crippen LogP contribution in [0.5, 0.6) is 0 Å². The average Bonchev–Trinajstić information content (AvgIpc) is 2.30. The van der Waals surface area contributed by atoms with Crippen molar-refractivity contribution >= 4 is 11.8 Å². The molecule has 0 aromatic carbocycles. The van der Waals surface area contributed by atoms with Crippen LogP contribution in [0.25, 0.3) is 0 Å². The Balaban J connectivity index is 3.50. The molecule has 2 amide bonds. The first-order chi connectivity index (χ1) is 7.97. The molecule has 0 aromatic heterocycles. The van der Waals surface area contributed by atoms with Gasteiger partial charge in [0.15, 0.2) is 0 Å². The van der Waals surface area contributed by atoms with E-state index in [2.05, 4.69) is 10.2 Å². The van der Waals surface area contributed by atoms with Crippen LogP contribution in [0.15, 0.2) is 0 Å². The summed E-state index contributed by atoms with van der Waals surface area (Å²) in [4.78, 5) is 25.9. The predicted molar refractivity (Wildman–Crippen MR) is 68.7 cm³/mol. The molecule has 0 saturated heterocycles. The van der Waals surface area contributed by atoms with E-state index in [0.29, 0.717) is 6.42 Å². The van der Waals surface area contributed by atoms with Gasteiger partial charge in [-0.2, -0.15) is 0 Å². The number of unbranched alkanes of at least 4 members (excludes halogenated alkanes) is 1. The molecule has 5 nitrogen and oxygen atoms in total. The molecule has 100 valence electrons. The van der Waals surface area contributed by atoms with E-state index in [1.165, 1.54) is 0 Å². The van der Waals surface area contributed by atoms with Crippen molar-refractivity contribution in [1.82, 2.24) is 15.1 Å². The fourth-order valence-electron chi connectivity index (χ4n) is 1.38. The maximum absolute atomic E-state index is 11.0. The first-order valence-electron chi connectivity index (χ1n) is 6.08. The number of nitrogens with zero attached hydrogens (tertiary/aromatic N) is 2. The number of likely N-dealkylation sites (N-methyl/N-ethyl adjacent to an activating group) is 2. The van der Waals surface area contributed by atoms with E-state index in [1.54, 1.807) is 18.9 Å². The van der Waals surface area contributed by atoms with Crippen molar-refractivity contribution in [3.05, 3.63) is 0 Å². The molecule has 17 heavy (non-hydrogen) atoms. The average molecular weight is 243 g/mol. The molecule has 0 bridgehead atoms. The summed E-state index contributed by atoms with van der Waals surface area (Å²) in [5, 5.41) is 2.61. The van der Waals surface area contributed by atoms with Crippen molar-refractivity contribution < 1.29 is 9.59 Å². The monoisotopic (exact) mass is 243 g/mol. The zero-order valence-corrected chi connectivity index (χ0v) is 11.5. The summed E-state index contributed by atoms with van der Waals surface area (Å²) in [5.41, 5.74) is 0. The quantitative estimate of drug-likeness (QED) is 0.624. The molecule has 0 fully saturated rings. The molecule has 0 aliphatic carbocycles. The summed E-state index contributed by atoms with van der Waals surface area (Å²) < 4.78 is 0. The van der Waals surface area contributed by atoms with Crippen molar-refractivity contribution in [3.63, 3.8) is 0 Å². The molecular weight excluding hydrogens is 218 g/mol. The molecule has 0 aliphatic rings. The zero-order chi connectivity index (χ0) is 13.3. The Morgan fingerprint density at radius 3 is 2.24 bits per heavy atom. The Morgan fingerprint density at radius 2 is 1.71 bits per heavy atom. The smallest absolute Gasteiger partial charge is 0.219 e. The Bertz CT molecular complexity index is 244. The van der Waals surface area contributed by atoms with Gasteiger partial charge in [0.1, 0.15) is 0 Å². The Morgan fingerprint density at radius 1 is 1.06 bits per heavy atom. The lowest BCUT2D eigenvalue weighted by molar-refractivity contribution is -0.127. The van der Waals surface area contributed by atoms with E-state index in [9.17, 15) is 9.59 Å². The molecule has 0 radical (unpaired) electrons. The maximum Gasteiger partial charge on any atom is 0.219 e. The molecule has 0 heterocycles. The summed E-state index contributed by atoms with van der Waals surface area (Å²) in [7, 11) is 5.50.